The van der Waals surface area contributed by atoms with Gasteiger partial charge in [0.1, 0.15) is 15.4 Å². The Morgan fingerprint density at radius 3 is 2.52 bits per heavy atom. The first-order chi connectivity index (χ1) is 13.9. The van der Waals surface area contributed by atoms with E-state index in [1.807, 2.05) is 35.1 Å². The summed E-state index contributed by atoms with van der Waals surface area (Å²) in [6.07, 6.45) is 0. The second-order valence-corrected chi connectivity index (χ2v) is 8.67. The van der Waals surface area contributed by atoms with Crippen molar-refractivity contribution in [3.63, 3.8) is 0 Å². The van der Waals surface area contributed by atoms with Crippen LogP contribution in [0.3, 0.4) is 0 Å². The van der Waals surface area contributed by atoms with E-state index in [0.29, 0.717) is 18.1 Å². The quantitative estimate of drug-likeness (QED) is 0.504. The van der Waals surface area contributed by atoms with Crippen LogP contribution in [-0.2, 0) is 5.54 Å². The predicted octanol–water partition coefficient (Wildman–Crippen LogP) is 6.01. The average molecular weight is 429 g/mol. The Morgan fingerprint density at radius 2 is 1.83 bits per heavy atom. The number of nitrogens with one attached hydrogen (secondary N) is 1. The first kappa shape index (κ1) is 19.8. The van der Waals surface area contributed by atoms with Crippen LogP contribution in [0.15, 0.2) is 36.4 Å². The van der Waals surface area contributed by atoms with Gasteiger partial charge in [0.15, 0.2) is 11.5 Å². The standard InChI is InChI=1S/C22H24N2O3S2/c1-6-27-14-8-9-16-15(12-14)19-20(23-22(16,2)3)29-24(21(19)28)13-7-10-17(25-4)18(11-13)26-5/h7-12,23H,6H2,1-5H3. The normalized spacial score (nSPS) is 13.8. The number of methoxy groups -OCH3 is 2. The molecule has 0 saturated carbocycles. The largest absolute Gasteiger partial charge is 0.494 e. The van der Waals surface area contributed by atoms with Crippen LogP contribution >= 0.6 is 23.8 Å². The van der Waals surface area contributed by atoms with E-state index >= 15 is 0 Å². The maximum absolute atomic E-state index is 5.91. The first-order valence-electron chi connectivity index (χ1n) is 9.44. The zero-order chi connectivity index (χ0) is 20.8. The van der Waals surface area contributed by atoms with Crippen molar-refractivity contribution in [3.05, 3.63) is 46.6 Å². The van der Waals surface area contributed by atoms with Gasteiger partial charge in [-0.3, -0.25) is 3.96 Å². The minimum Gasteiger partial charge on any atom is -0.494 e. The lowest BCUT2D eigenvalue weighted by molar-refractivity contribution is 0.340. The number of anilines is 1. The molecule has 0 unspecified atom stereocenters. The van der Waals surface area contributed by atoms with E-state index in [1.165, 1.54) is 5.56 Å². The number of aromatic nitrogens is 1. The van der Waals surface area contributed by atoms with Crippen LogP contribution < -0.4 is 19.5 Å². The molecule has 0 fully saturated rings. The fourth-order valence-electron chi connectivity index (χ4n) is 3.70. The Morgan fingerprint density at radius 1 is 1.07 bits per heavy atom. The third-order valence-electron chi connectivity index (χ3n) is 5.08. The molecular weight excluding hydrogens is 404 g/mol. The summed E-state index contributed by atoms with van der Waals surface area (Å²) in [6, 6.07) is 12.1. The molecule has 7 heteroatoms. The molecule has 2 heterocycles. The minimum atomic E-state index is -0.213. The van der Waals surface area contributed by atoms with Gasteiger partial charge in [0, 0.05) is 6.07 Å². The summed E-state index contributed by atoms with van der Waals surface area (Å²) in [4.78, 5) is 0. The van der Waals surface area contributed by atoms with Crippen LogP contribution in [0.4, 0.5) is 5.00 Å². The third-order valence-corrected chi connectivity index (χ3v) is 6.65. The van der Waals surface area contributed by atoms with E-state index in [9.17, 15) is 0 Å². The summed E-state index contributed by atoms with van der Waals surface area (Å²) < 4.78 is 19.4. The summed E-state index contributed by atoms with van der Waals surface area (Å²) in [6.45, 7) is 6.98. The molecule has 0 spiro atoms. The molecule has 29 heavy (non-hydrogen) atoms. The third kappa shape index (κ3) is 3.28. The molecule has 0 aliphatic carbocycles. The van der Waals surface area contributed by atoms with Crippen molar-refractivity contribution in [1.29, 1.82) is 0 Å². The fraction of sp³-hybridized carbons (Fsp3) is 0.318. The molecule has 0 atom stereocenters. The fourth-order valence-corrected chi connectivity index (χ4v) is 5.37. The number of benzene rings is 2. The number of hydrogen-bond acceptors (Lipinski definition) is 6. The molecule has 1 aliphatic rings. The van der Waals surface area contributed by atoms with Crippen LogP contribution in [0, 0.1) is 4.64 Å². The highest BCUT2D eigenvalue weighted by molar-refractivity contribution is 7.71. The molecular formula is C22H24N2O3S2. The summed E-state index contributed by atoms with van der Waals surface area (Å²) in [5.41, 5.74) is 4.09. The van der Waals surface area contributed by atoms with Gasteiger partial charge < -0.3 is 19.5 Å². The lowest BCUT2D eigenvalue weighted by atomic mass is 9.84. The van der Waals surface area contributed by atoms with E-state index in [1.54, 1.807) is 25.8 Å². The molecule has 5 nitrogen and oxygen atoms in total. The van der Waals surface area contributed by atoms with E-state index in [-0.39, 0.29) is 5.54 Å². The zero-order valence-corrected chi connectivity index (χ0v) is 18.8. The topological polar surface area (TPSA) is 44.7 Å². The summed E-state index contributed by atoms with van der Waals surface area (Å²) in [5.74, 6) is 2.22. The molecule has 0 amide bonds. The molecule has 1 aromatic heterocycles. The molecule has 152 valence electrons. The number of hydrogen-bond donors (Lipinski definition) is 1. The Bertz CT molecular complexity index is 1130. The van der Waals surface area contributed by atoms with Crippen molar-refractivity contribution >= 4 is 28.8 Å². The van der Waals surface area contributed by atoms with Crippen LogP contribution in [0.5, 0.6) is 17.2 Å². The number of ether oxygens (including phenoxy) is 3. The Kier molecular flexibility index (Phi) is 5.04. The van der Waals surface area contributed by atoms with Crippen LogP contribution in [0.1, 0.15) is 26.3 Å². The number of nitrogens with zero attached hydrogens (tertiary/aromatic N) is 1. The van der Waals surface area contributed by atoms with Crippen molar-refractivity contribution in [3.8, 4) is 34.1 Å². The van der Waals surface area contributed by atoms with Gasteiger partial charge in [0.05, 0.1) is 37.6 Å². The second kappa shape index (κ2) is 7.39. The second-order valence-electron chi connectivity index (χ2n) is 7.32. The monoisotopic (exact) mass is 428 g/mol. The molecule has 0 bridgehead atoms. The van der Waals surface area contributed by atoms with Gasteiger partial charge in [0.25, 0.3) is 0 Å². The smallest absolute Gasteiger partial charge is 0.162 e. The van der Waals surface area contributed by atoms with E-state index in [0.717, 1.165) is 32.2 Å². The SMILES string of the molecule is CCOc1ccc2c(c1)-c1c(sn(-c3ccc(OC)c(OC)c3)c1=S)NC2(C)C. The predicted molar refractivity (Wildman–Crippen MR) is 121 cm³/mol. The average Bonchev–Trinajstić information content (AvgIpc) is 3.03. The summed E-state index contributed by atoms with van der Waals surface area (Å²) in [7, 11) is 3.27. The van der Waals surface area contributed by atoms with Gasteiger partial charge in [-0.15, -0.1) is 0 Å². The lowest BCUT2D eigenvalue weighted by Gasteiger charge is -2.34. The minimum absolute atomic E-state index is 0.213. The Balaban J connectivity index is 1.91. The van der Waals surface area contributed by atoms with Gasteiger partial charge in [-0.25, -0.2) is 0 Å². The van der Waals surface area contributed by atoms with E-state index in [2.05, 4.69) is 31.3 Å². The molecule has 0 saturated heterocycles. The van der Waals surface area contributed by atoms with E-state index in [4.69, 9.17) is 26.4 Å². The van der Waals surface area contributed by atoms with Crippen molar-refractivity contribution in [2.24, 2.45) is 0 Å². The van der Waals surface area contributed by atoms with Gasteiger partial charge in [-0.2, -0.15) is 0 Å². The number of rotatable bonds is 5. The summed E-state index contributed by atoms with van der Waals surface area (Å²) >= 11 is 7.51. The van der Waals surface area contributed by atoms with Crippen LogP contribution in [0.2, 0.25) is 0 Å². The van der Waals surface area contributed by atoms with Crippen LogP contribution in [-0.4, -0.2) is 24.8 Å². The maximum Gasteiger partial charge on any atom is 0.162 e. The molecule has 3 aromatic rings. The molecule has 2 aromatic carbocycles. The van der Waals surface area contributed by atoms with Gasteiger partial charge >= 0.3 is 0 Å². The number of fused-ring (bicyclic) bond motifs is 3. The van der Waals surface area contributed by atoms with Gasteiger partial charge in [0.2, 0.25) is 0 Å². The van der Waals surface area contributed by atoms with Crippen molar-refractivity contribution in [1.82, 2.24) is 3.96 Å². The Labute approximate surface area is 180 Å². The molecule has 4 rings (SSSR count). The van der Waals surface area contributed by atoms with Crippen LogP contribution in [0.25, 0.3) is 16.8 Å². The Hall–Kier alpha value is -2.51. The van der Waals surface area contributed by atoms with Gasteiger partial charge in [-0.1, -0.05) is 18.3 Å². The lowest BCUT2D eigenvalue weighted by Crippen LogP contribution is -2.31. The van der Waals surface area contributed by atoms with Crippen molar-refractivity contribution in [2.75, 3.05) is 26.1 Å². The first-order valence-corrected chi connectivity index (χ1v) is 10.6. The zero-order valence-electron chi connectivity index (χ0n) is 17.2. The molecule has 1 N–H and O–H groups in total. The highest BCUT2D eigenvalue weighted by Gasteiger charge is 2.33. The summed E-state index contributed by atoms with van der Waals surface area (Å²) in [5, 5.41) is 4.71. The van der Waals surface area contributed by atoms with Crippen molar-refractivity contribution in [2.45, 2.75) is 26.3 Å². The molecule has 1 aliphatic heterocycles. The maximum atomic E-state index is 5.91. The highest BCUT2D eigenvalue weighted by atomic mass is 32.1. The van der Waals surface area contributed by atoms with Gasteiger partial charge in [-0.05, 0) is 67.7 Å². The highest BCUT2D eigenvalue weighted by Crippen LogP contribution is 2.48. The van der Waals surface area contributed by atoms with Crippen molar-refractivity contribution < 1.29 is 14.2 Å². The molecule has 0 radical (unpaired) electrons. The van der Waals surface area contributed by atoms with E-state index < -0.39 is 0 Å².